The molecule has 0 aromatic carbocycles. The summed E-state index contributed by atoms with van der Waals surface area (Å²) in [6.07, 6.45) is 5.48. The second kappa shape index (κ2) is 5.29. The van der Waals surface area contributed by atoms with Gasteiger partial charge < -0.3 is 0 Å². The molecule has 0 saturated heterocycles. The Morgan fingerprint density at radius 1 is 1.07 bits per heavy atom. The maximum Gasteiger partial charge on any atom is 0.226 e. The summed E-state index contributed by atoms with van der Waals surface area (Å²) < 4.78 is 0. The molecule has 86 valence electrons. The van der Waals surface area contributed by atoms with Crippen LogP contribution in [-0.2, 0) is 9.59 Å². The van der Waals surface area contributed by atoms with Gasteiger partial charge in [0.15, 0.2) is 0 Å². The number of carbonyl (C=O) groups excluding carboxylic acids is 2. The zero-order valence-corrected chi connectivity index (χ0v) is 9.95. The average molecular weight is 211 g/mol. The molecule has 0 unspecified atom stereocenters. The zero-order chi connectivity index (χ0) is 11.4. The summed E-state index contributed by atoms with van der Waals surface area (Å²) in [5.41, 5.74) is 0. The third-order valence-electron chi connectivity index (χ3n) is 3.44. The van der Waals surface area contributed by atoms with Gasteiger partial charge in [-0.2, -0.15) is 0 Å². The smallest absolute Gasteiger partial charge is 0.226 e. The summed E-state index contributed by atoms with van der Waals surface area (Å²) in [6.45, 7) is 5.17. The number of nitrogens with zero attached hydrogens (tertiary/aromatic N) is 1. The number of amides is 2. The van der Waals surface area contributed by atoms with Crippen molar-refractivity contribution in [2.24, 2.45) is 5.92 Å². The lowest BCUT2D eigenvalue weighted by Gasteiger charge is -2.34. The van der Waals surface area contributed by atoms with E-state index in [0.717, 1.165) is 31.6 Å². The molecule has 1 rings (SSSR count). The third-order valence-corrected chi connectivity index (χ3v) is 3.44. The van der Waals surface area contributed by atoms with Gasteiger partial charge in [-0.15, -0.1) is 0 Å². The van der Waals surface area contributed by atoms with Crippen LogP contribution in [0.2, 0.25) is 0 Å². The highest BCUT2D eigenvalue weighted by atomic mass is 16.2. The van der Waals surface area contributed by atoms with Crippen LogP contribution in [0.4, 0.5) is 0 Å². The molecule has 0 bridgehead atoms. The maximum absolute atomic E-state index is 11.3. The monoisotopic (exact) mass is 211 g/mol. The van der Waals surface area contributed by atoms with Crippen molar-refractivity contribution in [1.29, 1.82) is 0 Å². The first-order chi connectivity index (χ1) is 7.06. The standard InChI is InChI=1S/C12H21NO2/c1-4-11-5-7-12(8-6-11)13(9(2)14)10(3)15/h11-12H,4-8H2,1-3H3. The van der Waals surface area contributed by atoms with E-state index in [1.807, 2.05) is 0 Å². The molecule has 3 heteroatoms. The summed E-state index contributed by atoms with van der Waals surface area (Å²) in [4.78, 5) is 24.1. The minimum Gasteiger partial charge on any atom is -0.280 e. The molecule has 0 spiro atoms. The van der Waals surface area contributed by atoms with Crippen LogP contribution in [0.3, 0.4) is 0 Å². The van der Waals surface area contributed by atoms with Gasteiger partial charge in [-0.3, -0.25) is 14.5 Å². The van der Waals surface area contributed by atoms with Crippen molar-refractivity contribution in [3.05, 3.63) is 0 Å². The molecule has 0 atom stereocenters. The number of rotatable bonds is 2. The lowest BCUT2D eigenvalue weighted by molar-refractivity contribution is -0.145. The minimum atomic E-state index is -0.109. The Kier molecular flexibility index (Phi) is 4.30. The molecule has 3 nitrogen and oxygen atoms in total. The third kappa shape index (κ3) is 3.05. The molecule has 1 aliphatic carbocycles. The maximum atomic E-state index is 11.3. The highest BCUT2D eigenvalue weighted by Crippen LogP contribution is 2.29. The lowest BCUT2D eigenvalue weighted by atomic mass is 9.84. The van der Waals surface area contributed by atoms with Crippen molar-refractivity contribution >= 4 is 11.8 Å². The van der Waals surface area contributed by atoms with Crippen molar-refractivity contribution < 1.29 is 9.59 Å². The number of imide groups is 1. The molecule has 0 radical (unpaired) electrons. The van der Waals surface area contributed by atoms with Gasteiger partial charge in [0, 0.05) is 19.9 Å². The number of hydrogen-bond acceptors (Lipinski definition) is 2. The van der Waals surface area contributed by atoms with Gasteiger partial charge in [0.2, 0.25) is 11.8 Å². The summed E-state index contributed by atoms with van der Waals surface area (Å²) >= 11 is 0. The van der Waals surface area contributed by atoms with E-state index in [1.165, 1.54) is 25.2 Å². The second-order valence-corrected chi connectivity index (χ2v) is 4.49. The zero-order valence-electron chi connectivity index (χ0n) is 9.95. The van der Waals surface area contributed by atoms with Crippen LogP contribution in [-0.4, -0.2) is 22.8 Å². The van der Waals surface area contributed by atoms with Crippen molar-refractivity contribution in [3.63, 3.8) is 0 Å². The summed E-state index contributed by atoms with van der Waals surface area (Å²) in [5, 5.41) is 0. The minimum absolute atomic E-state index is 0.109. The van der Waals surface area contributed by atoms with Crippen LogP contribution in [0.15, 0.2) is 0 Å². The second-order valence-electron chi connectivity index (χ2n) is 4.49. The van der Waals surface area contributed by atoms with E-state index in [9.17, 15) is 9.59 Å². The Bertz CT molecular complexity index is 228. The molecule has 0 heterocycles. The van der Waals surface area contributed by atoms with E-state index < -0.39 is 0 Å². The first-order valence-corrected chi connectivity index (χ1v) is 5.86. The summed E-state index contributed by atoms with van der Waals surface area (Å²) in [7, 11) is 0. The molecular formula is C12H21NO2. The van der Waals surface area contributed by atoms with E-state index >= 15 is 0 Å². The quantitative estimate of drug-likeness (QED) is 0.703. The van der Waals surface area contributed by atoms with Crippen molar-refractivity contribution in [1.82, 2.24) is 4.90 Å². The lowest BCUT2D eigenvalue weighted by Crippen LogP contribution is -2.44. The predicted molar refractivity (Wildman–Crippen MR) is 59.2 cm³/mol. The fourth-order valence-corrected chi connectivity index (χ4v) is 2.55. The molecule has 1 fully saturated rings. The summed E-state index contributed by atoms with van der Waals surface area (Å²) in [6, 6.07) is 0.155. The number of carbonyl (C=O) groups is 2. The largest absolute Gasteiger partial charge is 0.280 e. The van der Waals surface area contributed by atoms with Crippen LogP contribution in [0.25, 0.3) is 0 Å². The van der Waals surface area contributed by atoms with Crippen LogP contribution < -0.4 is 0 Å². The van der Waals surface area contributed by atoms with Gasteiger partial charge in [0.25, 0.3) is 0 Å². The van der Waals surface area contributed by atoms with Crippen LogP contribution >= 0.6 is 0 Å². The molecule has 0 aromatic rings. The van der Waals surface area contributed by atoms with Crippen LogP contribution in [0, 0.1) is 5.92 Å². The van der Waals surface area contributed by atoms with Gasteiger partial charge >= 0.3 is 0 Å². The van der Waals surface area contributed by atoms with E-state index in [0.29, 0.717) is 0 Å². The highest BCUT2D eigenvalue weighted by molar-refractivity contribution is 5.93. The van der Waals surface area contributed by atoms with Gasteiger partial charge in [-0.05, 0) is 31.6 Å². The molecule has 0 aliphatic heterocycles. The van der Waals surface area contributed by atoms with Crippen LogP contribution in [0.5, 0.6) is 0 Å². The number of hydrogen-bond donors (Lipinski definition) is 0. The molecule has 2 amide bonds. The Balaban J connectivity index is 2.57. The Morgan fingerprint density at radius 3 is 1.87 bits per heavy atom. The van der Waals surface area contributed by atoms with Crippen LogP contribution in [0.1, 0.15) is 52.9 Å². The molecule has 1 saturated carbocycles. The SMILES string of the molecule is CCC1CCC(N(C(C)=O)C(C)=O)CC1. The van der Waals surface area contributed by atoms with Crippen molar-refractivity contribution in [3.8, 4) is 0 Å². The van der Waals surface area contributed by atoms with Gasteiger partial charge in [-0.1, -0.05) is 13.3 Å². The fourth-order valence-electron chi connectivity index (χ4n) is 2.55. The highest BCUT2D eigenvalue weighted by Gasteiger charge is 2.28. The Hall–Kier alpha value is -0.860. The van der Waals surface area contributed by atoms with E-state index in [-0.39, 0.29) is 17.9 Å². The predicted octanol–water partition coefficient (Wildman–Crippen LogP) is 2.35. The molecule has 0 N–H and O–H groups in total. The van der Waals surface area contributed by atoms with Gasteiger partial charge in [0.1, 0.15) is 0 Å². The van der Waals surface area contributed by atoms with Gasteiger partial charge in [0.05, 0.1) is 0 Å². The van der Waals surface area contributed by atoms with E-state index in [4.69, 9.17) is 0 Å². The fraction of sp³-hybridized carbons (Fsp3) is 0.833. The molecule has 1 aliphatic rings. The van der Waals surface area contributed by atoms with E-state index in [2.05, 4.69) is 6.92 Å². The Labute approximate surface area is 91.8 Å². The molecule has 0 aromatic heterocycles. The first-order valence-electron chi connectivity index (χ1n) is 5.86. The average Bonchev–Trinajstić information content (AvgIpc) is 2.18. The topological polar surface area (TPSA) is 37.4 Å². The van der Waals surface area contributed by atoms with E-state index in [1.54, 1.807) is 0 Å². The summed E-state index contributed by atoms with van der Waals surface area (Å²) in [5.74, 6) is 0.576. The van der Waals surface area contributed by atoms with Crippen molar-refractivity contribution in [2.45, 2.75) is 58.9 Å². The van der Waals surface area contributed by atoms with Gasteiger partial charge in [-0.25, -0.2) is 0 Å². The van der Waals surface area contributed by atoms with Crippen molar-refractivity contribution in [2.75, 3.05) is 0 Å². The Morgan fingerprint density at radius 2 is 1.53 bits per heavy atom. The normalized spacial score (nSPS) is 26.1. The molecular weight excluding hydrogens is 190 g/mol. The molecule has 15 heavy (non-hydrogen) atoms. The first kappa shape index (κ1) is 12.2.